The lowest BCUT2D eigenvalue weighted by molar-refractivity contribution is -0.131. The molecule has 1 amide bonds. The summed E-state index contributed by atoms with van der Waals surface area (Å²) in [5.74, 6) is -0.374. The molecule has 1 aromatic rings. The summed E-state index contributed by atoms with van der Waals surface area (Å²) in [6, 6.07) is 11.2. The molecule has 0 bridgehead atoms. The Labute approximate surface area is 125 Å². The predicted molar refractivity (Wildman–Crippen MR) is 79.2 cm³/mol. The fourth-order valence-electron chi connectivity index (χ4n) is 2.65. The van der Waals surface area contributed by atoms with Crippen LogP contribution in [0, 0.1) is 22.7 Å². The molecule has 0 saturated carbocycles. The zero-order valence-corrected chi connectivity index (χ0v) is 12.1. The minimum atomic E-state index is -0.437. The molecule has 0 radical (unpaired) electrons. The summed E-state index contributed by atoms with van der Waals surface area (Å²) < 4.78 is 0. The summed E-state index contributed by atoms with van der Waals surface area (Å²) in [4.78, 5) is 14.2. The van der Waals surface area contributed by atoms with Gasteiger partial charge in [0.15, 0.2) is 0 Å². The summed E-state index contributed by atoms with van der Waals surface area (Å²) in [6.45, 7) is 1.62. The maximum absolute atomic E-state index is 12.3. The number of nitrogens with zero attached hydrogens (tertiary/aromatic N) is 3. The summed E-state index contributed by atoms with van der Waals surface area (Å²) in [5.41, 5.74) is 1.37. The minimum Gasteiger partial charge on any atom is -0.343 e. The van der Waals surface area contributed by atoms with Crippen LogP contribution in [0.5, 0.6) is 0 Å². The molecule has 4 nitrogen and oxygen atoms in total. The highest BCUT2D eigenvalue weighted by Gasteiger charge is 2.21. The Bertz CT molecular complexity index is 557. The smallest absolute Gasteiger partial charge is 0.224 e. The third-order valence-corrected chi connectivity index (χ3v) is 3.94. The average Bonchev–Trinajstić information content (AvgIpc) is 2.82. The number of likely N-dealkylation sites (tertiary alicyclic amines) is 1. The topological polar surface area (TPSA) is 67.9 Å². The van der Waals surface area contributed by atoms with Crippen LogP contribution < -0.4 is 0 Å². The van der Waals surface area contributed by atoms with Gasteiger partial charge in [-0.2, -0.15) is 10.5 Å². The van der Waals surface area contributed by atoms with Crippen LogP contribution in [0.3, 0.4) is 0 Å². The van der Waals surface area contributed by atoms with Crippen molar-refractivity contribution in [3.8, 4) is 12.1 Å². The molecule has 0 aromatic heterocycles. The number of amides is 1. The maximum atomic E-state index is 12.3. The summed E-state index contributed by atoms with van der Waals surface area (Å²) in [5, 5.41) is 18.1. The first-order valence-electron chi connectivity index (χ1n) is 7.42. The van der Waals surface area contributed by atoms with Crippen molar-refractivity contribution in [3.05, 3.63) is 35.4 Å². The number of rotatable bonds is 3. The predicted octanol–water partition coefficient (Wildman–Crippen LogP) is 2.96. The van der Waals surface area contributed by atoms with Crippen molar-refractivity contribution in [1.82, 2.24) is 4.90 Å². The summed E-state index contributed by atoms with van der Waals surface area (Å²) in [7, 11) is 0. The van der Waals surface area contributed by atoms with E-state index in [9.17, 15) is 10.1 Å². The quantitative estimate of drug-likeness (QED) is 0.855. The van der Waals surface area contributed by atoms with Crippen LogP contribution in [0.25, 0.3) is 0 Å². The van der Waals surface area contributed by atoms with E-state index < -0.39 is 5.92 Å². The molecule has 1 fully saturated rings. The molecule has 1 aromatic carbocycles. The van der Waals surface area contributed by atoms with E-state index >= 15 is 0 Å². The third-order valence-electron chi connectivity index (χ3n) is 3.94. The van der Waals surface area contributed by atoms with Crippen molar-refractivity contribution >= 4 is 5.91 Å². The Kier molecular flexibility index (Phi) is 5.35. The van der Waals surface area contributed by atoms with Gasteiger partial charge in [-0.1, -0.05) is 25.0 Å². The van der Waals surface area contributed by atoms with Gasteiger partial charge in [-0.15, -0.1) is 0 Å². The standard InChI is InChI=1S/C17H19N3O/c18-12-14-5-7-15(8-6-14)16(13-19)11-17(21)20-9-3-1-2-4-10-20/h5-8,16H,1-4,9-11H2. The van der Waals surface area contributed by atoms with Crippen LogP contribution in [0.15, 0.2) is 24.3 Å². The molecule has 1 saturated heterocycles. The average molecular weight is 281 g/mol. The highest BCUT2D eigenvalue weighted by atomic mass is 16.2. The van der Waals surface area contributed by atoms with Gasteiger partial charge in [0, 0.05) is 19.5 Å². The van der Waals surface area contributed by atoms with Crippen LogP contribution in [0.1, 0.15) is 49.1 Å². The molecule has 1 atom stereocenters. The lowest BCUT2D eigenvalue weighted by atomic mass is 9.95. The molecule has 2 rings (SSSR count). The second kappa shape index (κ2) is 7.45. The molecular weight excluding hydrogens is 262 g/mol. The zero-order valence-electron chi connectivity index (χ0n) is 12.1. The maximum Gasteiger partial charge on any atom is 0.224 e. The molecule has 1 heterocycles. The molecule has 21 heavy (non-hydrogen) atoms. The Morgan fingerprint density at radius 3 is 2.24 bits per heavy atom. The fourth-order valence-corrected chi connectivity index (χ4v) is 2.65. The highest BCUT2D eigenvalue weighted by Crippen LogP contribution is 2.21. The summed E-state index contributed by atoms with van der Waals surface area (Å²) in [6.07, 6.45) is 4.70. The molecule has 0 spiro atoms. The van der Waals surface area contributed by atoms with Crippen LogP contribution in [-0.2, 0) is 4.79 Å². The minimum absolute atomic E-state index is 0.0628. The van der Waals surface area contributed by atoms with Crippen LogP contribution in [0.4, 0.5) is 0 Å². The number of benzene rings is 1. The second-order valence-electron chi connectivity index (χ2n) is 5.41. The van der Waals surface area contributed by atoms with Gasteiger partial charge < -0.3 is 4.90 Å². The molecule has 108 valence electrons. The lowest BCUT2D eigenvalue weighted by Gasteiger charge is -2.21. The molecule has 1 unspecified atom stereocenters. The van der Waals surface area contributed by atoms with Crippen molar-refractivity contribution in [2.45, 2.75) is 38.0 Å². The van der Waals surface area contributed by atoms with Gasteiger partial charge in [0.2, 0.25) is 5.91 Å². The van der Waals surface area contributed by atoms with E-state index in [-0.39, 0.29) is 12.3 Å². The summed E-state index contributed by atoms with van der Waals surface area (Å²) >= 11 is 0. The second-order valence-corrected chi connectivity index (χ2v) is 5.41. The van der Waals surface area contributed by atoms with Gasteiger partial charge in [-0.05, 0) is 30.5 Å². The molecule has 1 aliphatic rings. The van der Waals surface area contributed by atoms with Crippen LogP contribution >= 0.6 is 0 Å². The molecular formula is C17H19N3O. The molecule has 1 aliphatic heterocycles. The van der Waals surface area contributed by atoms with Crippen molar-refractivity contribution in [2.75, 3.05) is 13.1 Å². The number of carbonyl (C=O) groups is 1. The Hall–Kier alpha value is -2.33. The first kappa shape index (κ1) is 15.1. The largest absolute Gasteiger partial charge is 0.343 e. The zero-order chi connectivity index (χ0) is 15.1. The molecule has 0 aliphatic carbocycles. The Morgan fingerprint density at radius 2 is 1.71 bits per heavy atom. The van der Waals surface area contributed by atoms with E-state index in [1.165, 1.54) is 12.8 Å². The monoisotopic (exact) mass is 281 g/mol. The van der Waals surface area contributed by atoms with Crippen LogP contribution in [-0.4, -0.2) is 23.9 Å². The van der Waals surface area contributed by atoms with Crippen molar-refractivity contribution in [1.29, 1.82) is 10.5 Å². The Balaban J connectivity index is 2.02. The normalized spacial score (nSPS) is 16.4. The van der Waals surface area contributed by atoms with Crippen molar-refractivity contribution in [3.63, 3.8) is 0 Å². The fraction of sp³-hybridized carbons (Fsp3) is 0.471. The Morgan fingerprint density at radius 1 is 1.10 bits per heavy atom. The highest BCUT2D eigenvalue weighted by molar-refractivity contribution is 5.77. The number of carbonyl (C=O) groups excluding carboxylic acids is 1. The first-order valence-corrected chi connectivity index (χ1v) is 7.42. The van der Waals surface area contributed by atoms with Crippen LogP contribution in [0.2, 0.25) is 0 Å². The first-order chi connectivity index (χ1) is 10.2. The van der Waals surface area contributed by atoms with Gasteiger partial charge in [0.25, 0.3) is 0 Å². The van der Waals surface area contributed by atoms with Gasteiger partial charge >= 0.3 is 0 Å². The van der Waals surface area contributed by atoms with E-state index in [0.29, 0.717) is 5.56 Å². The van der Waals surface area contributed by atoms with Gasteiger partial charge in [0.05, 0.1) is 23.6 Å². The van der Waals surface area contributed by atoms with Gasteiger partial charge in [0.1, 0.15) is 0 Å². The molecule has 4 heteroatoms. The van der Waals surface area contributed by atoms with Crippen molar-refractivity contribution < 1.29 is 4.79 Å². The number of hydrogen-bond acceptors (Lipinski definition) is 3. The lowest BCUT2D eigenvalue weighted by Crippen LogP contribution is -2.32. The van der Waals surface area contributed by atoms with Gasteiger partial charge in [-0.3, -0.25) is 4.79 Å². The number of hydrogen-bond donors (Lipinski definition) is 0. The van der Waals surface area contributed by atoms with Gasteiger partial charge in [-0.25, -0.2) is 0 Å². The van der Waals surface area contributed by atoms with Crippen molar-refractivity contribution in [2.24, 2.45) is 0 Å². The van der Waals surface area contributed by atoms with E-state index in [4.69, 9.17) is 5.26 Å². The van der Waals surface area contributed by atoms with E-state index in [2.05, 4.69) is 12.1 Å². The SMILES string of the molecule is N#Cc1ccc(C(C#N)CC(=O)N2CCCCCC2)cc1. The van der Waals surface area contributed by atoms with E-state index in [0.717, 1.165) is 31.5 Å². The van der Waals surface area contributed by atoms with E-state index in [1.54, 1.807) is 24.3 Å². The number of nitriles is 2. The molecule has 0 N–H and O–H groups in total. The third kappa shape index (κ3) is 4.07. The van der Waals surface area contributed by atoms with E-state index in [1.807, 2.05) is 4.90 Å².